The Hall–Kier alpha value is -0.830. The molecule has 1 aliphatic carbocycles. The fourth-order valence-corrected chi connectivity index (χ4v) is 1.42. The number of hydrogen-bond donors (Lipinski definition) is 0. The van der Waals surface area contributed by atoms with Crippen LogP contribution in [0.1, 0.15) is 12.8 Å². The molecule has 0 spiro atoms. The number of carbonyl (C=O) groups is 1. The van der Waals surface area contributed by atoms with E-state index in [2.05, 4.69) is 4.74 Å². The van der Waals surface area contributed by atoms with E-state index < -0.39 is 0 Å². The van der Waals surface area contributed by atoms with Gasteiger partial charge in [-0.05, 0) is 6.42 Å². The molecule has 0 saturated carbocycles. The predicted molar refractivity (Wildman–Crippen MR) is 38.0 cm³/mol. The van der Waals surface area contributed by atoms with Crippen molar-refractivity contribution in [1.29, 1.82) is 0 Å². The Morgan fingerprint density at radius 1 is 1.73 bits per heavy atom. The van der Waals surface area contributed by atoms with E-state index in [0.717, 1.165) is 18.4 Å². The summed E-state index contributed by atoms with van der Waals surface area (Å²) in [5, 5.41) is 0. The second-order valence-electron chi connectivity index (χ2n) is 2.87. The number of methoxy groups -OCH3 is 1. The molecule has 1 heterocycles. The van der Waals surface area contributed by atoms with Crippen molar-refractivity contribution in [2.24, 2.45) is 0 Å². The van der Waals surface area contributed by atoms with Gasteiger partial charge in [0, 0.05) is 12.0 Å². The summed E-state index contributed by atoms with van der Waals surface area (Å²) in [5.41, 5.74) is 0.770. The molecule has 1 saturated heterocycles. The van der Waals surface area contributed by atoms with E-state index in [0.29, 0.717) is 12.2 Å². The number of epoxide rings is 1. The van der Waals surface area contributed by atoms with Crippen molar-refractivity contribution < 1.29 is 14.3 Å². The van der Waals surface area contributed by atoms with Gasteiger partial charge in [0.05, 0.1) is 19.3 Å². The van der Waals surface area contributed by atoms with Gasteiger partial charge in [-0.3, -0.25) is 0 Å². The van der Waals surface area contributed by atoms with Crippen LogP contribution in [0.4, 0.5) is 0 Å². The summed E-state index contributed by atoms with van der Waals surface area (Å²) >= 11 is 0. The SMILES string of the molecule is COC(=O)C1=CCC2OC2C1. The lowest BCUT2D eigenvalue weighted by molar-refractivity contribution is -0.136. The van der Waals surface area contributed by atoms with Crippen molar-refractivity contribution in [3.63, 3.8) is 0 Å². The first-order valence-corrected chi connectivity index (χ1v) is 3.74. The zero-order valence-corrected chi connectivity index (χ0v) is 6.37. The monoisotopic (exact) mass is 154 g/mol. The molecule has 0 N–H and O–H groups in total. The second kappa shape index (κ2) is 2.34. The Kier molecular flexibility index (Phi) is 1.46. The number of carbonyl (C=O) groups excluding carboxylic acids is 1. The highest BCUT2D eigenvalue weighted by Gasteiger charge is 2.42. The maximum absolute atomic E-state index is 11.0. The van der Waals surface area contributed by atoms with E-state index in [1.54, 1.807) is 0 Å². The summed E-state index contributed by atoms with van der Waals surface area (Å²) in [4.78, 5) is 11.0. The molecule has 2 rings (SSSR count). The van der Waals surface area contributed by atoms with Crippen LogP contribution in [0.3, 0.4) is 0 Å². The normalized spacial score (nSPS) is 33.7. The van der Waals surface area contributed by atoms with Crippen molar-refractivity contribution >= 4 is 5.97 Å². The highest BCUT2D eigenvalue weighted by molar-refractivity contribution is 5.88. The van der Waals surface area contributed by atoms with Crippen molar-refractivity contribution in [3.8, 4) is 0 Å². The molecule has 0 amide bonds. The van der Waals surface area contributed by atoms with Crippen LogP contribution in [0.25, 0.3) is 0 Å². The van der Waals surface area contributed by atoms with Gasteiger partial charge in [-0.25, -0.2) is 4.79 Å². The Bertz CT molecular complexity index is 219. The fraction of sp³-hybridized carbons (Fsp3) is 0.625. The summed E-state index contributed by atoms with van der Waals surface area (Å²) in [6, 6.07) is 0. The van der Waals surface area contributed by atoms with Crippen LogP contribution >= 0.6 is 0 Å². The van der Waals surface area contributed by atoms with Gasteiger partial charge in [-0.15, -0.1) is 0 Å². The van der Waals surface area contributed by atoms with Crippen LogP contribution < -0.4 is 0 Å². The molecule has 0 aromatic heterocycles. The smallest absolute Gasteiger partial charge is 0.333 e. The first-order chi connectivity index (χ1) is 5.31. The third-order valence-corrected chi connectivity index (χ3v) is 2.15. The Balaban J connectivity index is 2.03. The van der Waals surface area contributed by atoms with Gasteiger partial charge in [-0.2, -0.15) is 0 Å². The van der Waals surface area contributed by atoms with E-state index in [9.17, 15) is 4.79 Å². The van der Waals surface area contributed by atoms with Gasteiger partial charge in [0.1, 0.15) is 0 Å². The summed E-state index contributed by atoms with van der Waals surface area (Å²) < 4.78 is 9.84. The lowest BCUT2D eigenvalue weighted by atomic mass is 10.00. The highest BCUT2D eigenvalue weighted by Crippen LogP contribution is 2.36. The molecule has 1 fully saturated rings. The molecule has 0 bridgehead atoms. The fourth-order valence-electron chi connectivity index (χ4n) is 1.42. The molecular formula is C8H10O3. The Labute approximate surface area is 65.0 Å². The quantitative estimate of drug-likeness (QED) is 0.411. The van der Waals surface area contributed by atoms with Crippen LogP contribution in [0.2, 0.25) is 0 Å². The van der Waals surface area contributed by atoms with Crippen molar-refractivity contribution in [2.45, 2.75) is 25.0 Å². The maximum Gasteiger partial charge on any atom is 0.333 e. The second-order valence-corrected chi connectivity index (χ2v) is 2.87. The molecule has 0 radical (unpaired) electrons. The summed E-state index contributed by atoms with van der Waals surface area (Å²) in [5.74, 6) is -0.209. The summed E-state index contributed by atoms with van der Waals surface area (Å²) in [7, 11) is 1.41. The summed E-state index contributed by atoms with van der Waals surface area (Å²) in [6.45, 7) is 0. The zero-order chi connectivity index (χ0) is 7.84. The van der Waals surface area contributed by atoms with E-state index >= 15 is 0 Å². The van der Waals surface area contributed by atoms with Crippen LogP contribution in [0, 0.1) is 0 Å². The zero-order valence-electron chi connectivity index (χ0n) is 6.37. The van der Waals surface area contributed by atoms with Crippen molar-refractivity contribution in [2.75, 3.05) is 7.11 Å². The molecule has 2 unspecified atom stereocenters. The number of rotatable bonds is 1. The van der Waals surface area contributed by atoms with E-state index in [1.165, 1.54) is 7.11 Å². The van der Waals surface area contributed by atoms with Crippen LogP contribution in [-0.4, -0.2) is 25.3 Å². The Morgan fingerprint density at radius 3 is 3.18 bits per heavy atom. The van der Waals surface area contributed by atoms with E-state index in [1.807, 2.05) is 6.08 Å². The predicted octanol–water partition coefficient (Wildman–Crippen LogP) is 0.647. The third-order valence-electron chi connectivity index (χ3n) is 2.15. The van der Waals surface area contributed by atoms with Gasteiger partial charge in [-0.1, -0.05) is 6.08 Å². The molecular weight excluding hydrogens is 144 g/mol. The number of ether oxygens (including phenoxy) is 2. The van der Waals surface area contributed by atoms with Gasteiger partial charge in [0.25, 0.3) is 0 Å². The number of fused-ring (bicyclic) bond motifs is 1. The van der Waals surface area contributed by atoms with Crippen LogP contribution in [0.15, 0.2) is 11.6 Å². The first kappa shape index (κ1) is 6.85. The maximum atomic E-state index is 11.0. The molecule has 2 aliphatic rings. The Morgan fingerprint density at radius 2 is 2.55 bits per heavy atom. The standard InChI is InChI=1S/C8H10O3/c1-10-8(9)5-2-3-6-7(4-5)11-6/h2,6-7H,3-4H2,1H3. The highest BCUT2D eigenvalue weighted by atomic mass is 16.6. The molecule has 2 atom stereocenters. The van der Waals surface area contributed by atoms with Gasteiger partial charge in [0.15, 0.2) is 0 Å². The minimum Gasteiger partial charge on any atom is -0.466 e. The van der Waals surface area contributed by atoms with Gasteiger partial charge >= 0.3 is 5.97 Å². The number of hydrogen-bond acceptors (Lipinski definition) is 3. The van der Waals surface area contributed by atoms with Crippen LogP contribution in [-0.2, 0) is 14.3 Å². The lowest BCUT2D eigenvalue weighted by Crippen LogP contribution is -2.11. The topological polar surface area (TPSA) is 38.8 Å². The minimum atomic E-state index is -0.209. The van der Waals surface area contributed by atoms with Gasteiger partial charge in [0.2, 0.25) is 0 Å². The lowest BCUT2D eigenvalue weighted by Gasteiger charge is -2.05. The molecule has 0 aromatic rings. The minimum absolute atomic E-state index is 0.209. The molecule has 11 heavy (non-hydrogen) atoms. The third kappa shape index (κ3) is 1.16. The summed E-state index contributed by atoms with van der Waals surface area (Å²) in [6.07, 6.45) is 4.21. The van der Waals surface area contributed by atoms with Crippen molar-refractivity contribution in [3.05, 3.63) is 11.6 Å². The average molecular weight is 154 g/mol. The molecule has 3 heteroatoms. The number of esters is 1. The molecule has 0 aromatic carbocycles. The van der Waals surface area contributed by atoms with E-state index in [-0.39, 0.29) is 5.97 Å². The van der Waals surface area contributed by atoms with E-state index in [4.69, 9.17) is 4.74 Å². The molecule has 3 nitrogen and oxygen atoms in total. The average Bonchev–Trinajstić information content (AvgIpc) is 2.80. The first-order valence-electron chi connectivity index (χ1n) is 3.74. The largest absolute Gasteiger partial charge is 0.466 e. The molecule has 60 valence electrons. The van der Waals surface area contributed by atoms with Crippen LogP contribution in [0.5, 0.6) is 0 Å². The van der Waals surface area contributed by atoms with Gasteiger partial charge < -0.3 is 9.47 Å². The molecule has 1 aliphatic heterocycles. The van der Waals surface area contributed by atoms with Crippen molar-refractivity contribution in [1.82, 2.24) is 0 Å².